The van der Waals surface area contributed by atoms with Gasteiger partial charge in [-0.2, -0.15) is 0 Å². The summed E-state index contributed by atoms with van der Waals surface area (Å²) in [6, 6.07) is 0.314. The van der Waals surface area contributed by atoms with Gasteiger partial charge in [0.25, 0.3) is 0 Å². The highest BCUT2D eigenvalue weighted by molar-refractivity contribution is 14.1. The van der Waals surface area contributed by atoms with Crippen LogP contribution < -0.4 is 5.32 Å². The summed E-state index contributed by atoms with van der Waals surface area (Å²) in [5.74, 6) is 0.845. The Kier molecular flexibility index (Phi) is 5.34. The van der Waals surface area contributed by atoms with Gasteiger partial charge in [-0.25, -0.2) is 4.79 Å². The Hall–Kier alpha value is 0. The number of halogens is 1. The molecule has 3 nitrogen and oxygen atoms in total. The molecule has 1 rings (SSSR count). The van der Waals surface area contributed by atoms with Gasteiger partial charge in [-0.3, -0.25) is 0 Å². The molecule has 1 saturated carbocycles. The van der Waals surface area contributed by atoms with Crippen molar-refractivity contribution < 1.29 is 9.53 Å². The van der Waals surface area contributed by atoms with Crippen LogP contribution in [0.5, 0.6) is 0 Å². The number of nitrogens with one attached hydrogen (secondary N) is 1. The first kappa shape index (κ1) is 14.1. The minimum atomic E-state index is -0.399. The molecule has 0 aromatic heterocycles. The van der Waals surface area contributed by atoms with Crippen LogP contribution in [0.4, 0.5) is 4.79 Å². The fourth-order valence-corrected chi connectivity index (χ4v) is 2.82. The Balaban J connectivity index is 2.26. The van der Waals surface area contributed by atoms with Crippen LogP contribution in [-0.2, 0) is 4.74 Å². The van der Waals surface area contributed by atoms with E-state index >= 15 is 0 Å². The number of carbonyl (C=O) groups is 1. The molecule has 1 aliphatic rings. The number of amides is 1. The second-order valence-corrected chi connectivity index (χ2v) is 6.40. The number of rotatable bonds is 2. The minimum absolute atomic E-state index is 0.273. The summed E-state index contributed by atoms with van der Waals surface area (Å²) in [5.41, 5.74) is -0.399. The first-order chi connectivity index (χ1) is 7.40. The van der Waals surface area contributed by atoms with Crippen molar-refractivity contribution in [2.75, 3.05) is 4.43 Å². The van der Waals surface area contributed by atoms with E-state index in [-0.39, 0.29) is 6.09 Å². The average Bonchev–Trinajstić information content (AvgIpc) is 2.16. The summed E-state index contributed by atoms with van der Waals surface area (Å²) in [6.45, 7) is 5.67. The molecule has 0 unspecified atom stereocenters. The topological polar surface area (TPSA) is 38.3 Å². The van der Waals surface area contributed by atoms with Crippen LogP contribution in [0.15, 0.2) is 0 Å². The highest BCUT2D eigenvalue weighted by Gasteiger charge is 2.23. The van der Waals surface area contributed by atoms with Gasteiger partial charge in [0.05, 0.1) is 0 Å². The molecule has 0 spiro atoms. The van der Waals surface area contributed by atoms with Crippen molar-refractivity contribution >= 4 is 28.7 Å². The molecule has 0 bridgehead atoms. The standard InChI is InChI=1S/C12H22INO2/c1-12(2,3)16-11(15)14-10-6-4-9(8-13)5-7-10/h9-10H,4-8H2,1-3H3,(H,14,15)/t9-,10+. The molecule has 0 saturated heterocycles. The van der Waals surface area contributed by atoms with Crippen LogP contribution in [0.2, 0.25) is 0 Å². The van der Waals surface area contributed by atoms with E-state index in [4.69, 9.17) is 4.74 Å². The van der Waals surface area contributed by atoms with Gasteiger partial charge in [0.2, 0.25) is 0 Å². The molecule has 1 fully saturated rings. The van der Waals surface area contributed by atoms with E-state index in [1.165, 1.54) is 17.3 Å². The number of hydrogen-bond acceptors (Lipinski definition) is 2. The number of alkyl halides is 1. The lowest BCUT2D eigenvalue weighted by atomic mass is 9.87. The summed E-state index contributed by atoms with van der Waals surface area (Å²) in [4.78, 5) is 11.5. The van der Waals surface area contributed by atoms with Crippen molar-refractivity contribution in [2.24, 2.45) is 5.92 Å². The quantitative estimate of drug-likeness (QED) is 0.618. The molecule has 1 N–H and O–H groups in total. The molecule has 1 aliphatic carbocycles. The summed E-state index contributed by atoms with van der Waals surface area (Å²) in [6.07, 6.45) is 4.36. The SMILES string of the molecule is CC(C)(C)OC(=O)N[C@H]1CC[C@@H](CI)CC1. The number of hydrogen-bond donors (Lipinski definition) is 1. The van der Waals surface area contributed by atoms with E-state index in [0.717, 1.165) is 18.8 Å². The molecule has 0 heterocycles. The zero-order valence-electron chi connectivity index (χ0n) is 10.4. The lowest BCUT2D eigenvalue weighted by molar-refractivity contribution is 0.0489. The Morgan fingerprint density at radius 1 is 1.31 bits per heavy atom. The Labute approximate surface area is 112 Å². The molecule has 94 valence electrons. The van der Waals surface area contributed by atoms with Crippen LogP contribution >= 0.6 is 22.6 Å². The van der Waals surface area contributed by atoms with E-state index in [2.05, 4.69) is 27.9 Å². The van der Waals surface area contributed by atoms with Gasteiger partial charge in [-0.15, -0.1) is 0 Å². The van der Waals surface area contributed by atoms with E-state index in [9.17, 15) is 4.79 Å². The maximum absolute atomic E-state index is 11.5. The molecular formula is C12H22INO2. The summed E-state index contributed by atoms with van der Waals surface area (Å²) >= 11 is 2.45. The minimum Gasteiger partial charge on any atom is -0.444 e. The number of carbonyl (C=O) groups excluding carboxylic acids is 1. The molecule has 0 aromatic carbocycles. The van der Waals surface area contributed by atoms with Crippen molar-refractivity contribution in [1.29, 1.82) is 0 Å². The van der Waals surface area contributed by atoms with Gasteiger partial charge >= 0.3 is 6.09 Å². The van der Waals surface area contributed by atoms with Gasteiger partial charge < -0.3 is 10.1 Å². The maximum atomic E-state index is 11.5. The van der Waals surface area contributed by atoms with E-state index in [1.54, 1.807) is 0 Å². The maximum Gasteiger partial charge on any atom is 0.407 e. The molecule has 0 aliphatic heterocycles. The zero-order valence-corrected chi connectivity index (χ0v) is 12.5. The fraction of sp³-hybridized carbons (Fsp3) is 0.917. The van der Waals surface area contributed by atoms with E-state index in [1.807, 2.05) is 20.8 Å². The van der Waals surface area contributed by atoms with Gasteiger partial charge in [-0.05, 0) is 52.4 Å². The molecule has 0 aromatic rings. The van der Waals surface area contributed by atoms with Crippen molar-refractivity contribution in [1.82, 2.24) is 5.32 Å². The Morgan fingerprint density at radius 3 is 2.31 bits per heavy atom. The largest absolute Gasteiger partial charge is 0.444 e. The highest BCUT2D eigenvalue weighted by atomic mass is 127. The third kappa shape index (κ3) is 5.37. The summed E-state index contributed by atoms with van der Waals surface area (Å²) in [7, 11) is 0. The van der Waals surface area contributed by atoms with Crippen LogP contribution in [0.25, 0.3) is 0 Å². The average molecular weight is 339 g/mol. The Bertz CT molecular complexity index is 230. The monoisotopic (exact) mass is 339 g/mol. The third-order valence-electron chi connectivity index (χ3n) is 2.79. The molecule has 1 amide bonds. The van der Waals surface area contributed by atoms with E-state index in [0.29, 0.717) is 6.04 Å². The van der Waals surface area contributed by atoms with Crippen LogP contribution in [0.3, 0.4) is 0 Å². The third-order valence-corrected chi connectivity index (χ3v) is 4.03. The first-order valence-electron chi connectivity index (χ1n) is 5.96. The smallest absolute Gasteiger partial charge is 0.407 e. The molecular weight excluding hydrogens is 317 g/mol. The second kappa shape index (κ2) is 6.07. The highest BCUT2D eigenvalue weighted by Crippen LogP contribution is 2.25. The van der Waals surface area contributed by atoms with Crippen molar-refractivity contribution in [3.05, 3.63) is 0 Å². The second-order valence-electron chi connectivity index (χ2n) is 5.52. The van der Waals surface area contributed by atoms with Gasteiger partial charge in [-0.1, -0.05) is 22.6 Å². The molecule has 4 heteroatoms. The zero-order chi connectivity index (χ0) is 12.2. The predicted octanol–water partition coefficient (Wildman–Crippen LogP) is 3.50. The van der Waals surface area contributed by atoms with Crippen molar-refractivity contribution in [3.63, 3.8) is 0 Å². The van der Waals surface area contributed by atoms with Crippen LogP contribution in [-0.4, -0.2) is 22.2 Å². The molecule has 0 atom stereocenters. The van der Waals surface area contributed by atoms with Gasteiger partial charge in [0.1, 0.15) is 5.60 Å². The first-order valence-corrected chi connectivity index (χ1v) is 7.49. The Morgan fingerprint density at radius 2 is 1.88 bits per heavy atom. The number of ether oxygens (including phenoxy) is 1. The lowest BCUT2D eigenvalue weighted by Gasteiger charge is -2.29. The van der Waals surface area contributed by atoms with Crippen LogP contribution in [0, 0.1) is 5.92 Å². The van der Waals surface area contributed by atoms with Crippen molar-refractivity contribution in [3.8, 4) is 0 Å². The lowest BCUT2D eigenvalue weighted by Crippen LogP contribution is -2.41. The molecule has 16 heavy (non-hydrogen) atoms. The van der Waals surface area contributed by atoms with Gasteiger partial charge in [0, 0.05) is 10.5 Å². The van der Waals surface area contributed by atoms with Gasteiger partial charge in [0.15, 0.2) is 0 Å². The number of alkyl carbamates (subject to hydrolysis) is 1. The van der Waals surface area contributed by atoms with Crippen LogP contribution in [0.1, 0.15) is 46.5 Å². The summed E-state index contributed by atoms with van der Waals surface area (Å²) in [5, 5.41) is 2.96. The molecule has 0 radical (unpaired) electrons. The van der Waals surface area contributed by atoms with E-state index < -0.39 is 5.60 Å². The van der Waals surface area contributed by atoms with Crippen molar-refractivity contribution in [2.45, 2.75) is 58.1 Å². The summed E-state index contributed by atoms with van der Waals surface area (Å²) < 4.78 is 6.48. The fourth-order valence-electron chi connectivity index (χ4n) is 1.94. The normalized spacial score (nSPS) is 26.2. The predicted molar refractivity (Wildman–Crippen MR) is 74.0 cm³/mol.